The largest absolute Gasteiger partial charge is 0.417 e. The average Bonchev–Trinajstić information content (AvgIpc) is 2.55. The van der Waals surface area contributed by atoms with Crippen LogP contribution in [0.4, 0.5) is 24.5 Å². The quantitative estimate of drug-likeness (QED) is 0.799. The van der Waals surface area contributed by atoms with Crippen LogP contribution in [0.25, 0.3) is 0 Å². The molecule has 0 spiro atoms. The van der Waals surface area contributed by atoms with Crippen molar-refractivity contribution in [3.63, 3.8) is 0 Å². The van der Waals surface area contributed by atoms with E-state index in [1.54, 1.807) is 19.1 Å². The molecule has 2 aromatic rings. The van der Waals surface area contributed by atoms with Gasteiger partial charge in [0.25, 0.3) is 0 Å². The van der Waals surface area contributed by atoms with Crippen molar-refractivity contribution in [3.05, 3.63) is 48.2 Å². The van der Waals surface area contributed by atoms with Gasteiger partial charge in [-0.05, 0) is 43.3 Å². The van der Waals surface area contributed by atoms with E-state index in [-0.39, 0.29) is 5.91 Å². The Kier molecular flexibility index (Phi) is 5.94. The number of aromatic nitrogens is 1. The van der Waals surface area contributed by atoms with Gasteiger partial charge in [0.15, 0.2) is 0 Å². The summed E-state index contributed by atoms with van der Waals surface area (Å²) in [5.74, 6) is -0.246. The number of halogens is 3. The van der Waals surface area contributed by atoms with Crippen LogP contribution in [0.2, 0.25) is 0 Å². The van der Waals surface area contributed by atoms with Gasteiger partial charge in [-0.15, -0.1) is 0 Å². The van der Waals surface area contributed by atoms with Gasteiger partial charge in [-0.1, -0.05) is 11.8 Å². The molecule has 0 saturated heterocycles. The standard InChI is InChI=1S/C17H18F3N3OS/c1-11(25-15-9-4-12(10-21-15)17(18,19)20)16(24)22-13-5-7-14(8-6-13)23(2)3/h4-11H,1-3H3,(H,22,24). The van der Waals surface area contributed by atoms with Gasteiger partial charge in [-0.3, -0.25) is 4.79 Å². The van der Waals surface area contributed by atoms with Crippen molar-refractivity contribution in [1.29, 1.82) is 0 Å². The molecule has 0 aliphatic rings. The number of anilines is 2. The lowest BCUT2D eigenvalue weighted by Gasteiger charge is -2.14. The second kappa shape index (κ2) is 7.77. The summed E-state index contributed by atoms with van der Waals surface area (Å²) in [5.41, 5.74) is 0.854. The highest BCUT2D eigenvalue weighted by molar-refractivity contribution is 8.00. The molecule has 0 aliphatic heterocycles. The van der Waals surface area contributed by atoms with E-state index in [0.717, 1.165) is 29.7 Å². The third-order valence-corrected chi connectivity index (χ3v) is 4.43. The van der Waals surface area contributed by atoms with Gasteiger partial charge >= 0.3 is 6.18 Å². The van der Waals surface area contributed by atoms with Gasteiger partial charge in [-0.25, -0.2) is 4.98 Å². The average molecular weight is 369 g/mol. The zero-order valence-electron chi connectivity index (χ0n) is 14.0. The van der Waals surface area contributed by atoms with Crippen LogP contribution in [0.3, 0.4) is 0 Å². The van der Waals surface area contributed by atoms with E-state index in [1.165, 1.54) is 6.07 Å². The lowest BCUT2D eigenvalue weighted by Crippen LogP contribution is -2.22. The first-order chi connectivity index (χ1) is 11.7. The van der Waals surface area contributed by atoms with Crippen LogP contribution in [0.1, 0.15) is 12.5 Å². The van der Waals surface area contributed by atoms with Gasteiger partial charge in [0.2, 0.25) is 5.91 Å². The molecule has 1 amide bonds. The number of alkyl halides is 3. The minimum Gasteiger partial charge on any atom is -0.378 e. The Balaban J connectivity index is 1.95. The lowest BCUT2D eigenvalue weighted by atomic mass is 10.2. The first-order valence-electron chi connectivity index (χ1n) is 7.45. The van der Waals surface area contributed by atoms with Crippen molar-refractivity contribution >= 4 is 29.0 Å². The zero-order valence-corrected chi connectivity index (χ0v) is 14.8. The fourth-order valence-electron chi connectivity index (χ4n) is 1.94. The van der Waals surface area contributed by atoms with E-state index in [4.69, 9.17) is 0 Å². The van der Waals surface area contributed by atoms with Crippen LogP contribution in [-0.2, 0) is 11.0 Å². The van der Waals surface area contributed by atoms with Crippen LogP contribution in [-0.4, -0.2) is 30.2 Å². The van der Waals surface area contributed by atoms with Gasteiger partial charge in [0, 0.05) is 31.7 Å². The normalized spacial score (nSPS) is 12.6. The van der Waals surface area contributed by atoms with Gasteiger partial charge < -0.3 is 10.2 Å². The number of carbonyl (C=O) groups excluding carboxylic acids is 1. The van der Waals surface area contributed by atoms with Crippen molar-refractivity contribution < 1.29 is 18.0 Å². The molecule has 1 atom stereocenters. The number of carbonyl (C=O) groups is 1. The molecule has 0 bridgehead atoms. The molecule has 0 aliphatic carbocycles. The van der Waals surface area contributed by atoms with Crippen LogP contribution in [0, 0.1) is 0 Å². The maximum absolute atomic E-state index is 12.5. The molecule has 4 nitrogen and oxygen atoms in total. The first-order valence-corrected chi connectivity index (χ1v) is 8.33. The summed E-state index contributed by atoms with van der Waals surface area (Å²) in [5, 5.41) is 2.64. The Morgan fingerprint density at radius 1 is 1.16 bits per heavy atom. The molecule has 1 N–H and O–H groups in total. The molecule has 1 aromatic heterocycles. The number of hydrogen-bond acceptors (Lipinski definition) is 4. The van der Waals surface area contributed by atoms with Crippen LogP contribution in [0.5, 0.6) is 0 Å². The number of rotatable bonds is 5. The number of pyridine rings is 1. The second-order valence-corrected chi connectivity index (χ2v) is 6.93. The molecule has 1 unspecified atom stereocenters. The highest BCUT2D eigenvalue weighted by Crippen LogP contribution is 2.30. The predicted molar refractivity (Wildman–Crippen MR) is 94.0 cm³/mol. The number of amides is 1. The molecule has 8 heteroatoms. The number of nitrogens with zero attached hydrogens (tertiary/aromatic N) is 2. The van der Waals surface area contributed by atoms with Crippen LogP contribution in [0.15, 0.2) is 47.6 Å². The minimum absolute atomic E-state index is 0.246. The van der Waals surface area contributed by atoms with Crippen molar-refractivity contribution in [2.45, 2.75) is 23.4 Å². The summed E-state index contributed by atoms with van der Waals surface area (Å²) >= 11 is 1.10. The molecule has 0 radical (unpaired) electrons. The Hall–Kier alpha value is -2.22. The Labute approximate surface area is 148 Å². The molecule has 134 valence electrons. The smallest absolute Gasteiger partial charge is 0.378 e. The maximum Gasteiger partial charge on any atom is 0.417 e. The van der Waals surface area contributed by atoms with Crippen LogP contribution >= 0.6 is 11.8 Å². The third kappa shape index (κ3) is 5.38. The monoisotopic (exact) mass is 369 g/mol. The Bertz CT molecular complexity index is 715. The maximum atomic E-state index is 12.5. The minimum atomic E-state index is -4.42. The van der Waals surface area contributed by atoms with Crippen molar-refractivity contribution in [2.75, 3.05) is 24.3 Å². The molecule has 1 heterocycles. The van der Waals surface area contributed by atoms with E-state index in [9.17, 15) is 18.0 Å². The second-order valence-electron chi connectivity index (χ2n) is 5.57. The first kappa shape index (κ1) is 19.1. The molecule has 0 fully saturated rings. The number of benzene rings is 1. The van der Waals surface area contributed by atoms with Crippen molar-refractivity contribution in [3.8, 4) is 0 Å². The van der Waals surface area contributed by atoms with Crippen molar-refractivity contribution in [1.82, 2.24) is 4.98 Å². The Morgan fingerprint density at radius 2 is 1.80 bits per heavy atom. The van der Waals surface area contributed by atoms with Crippen LogP contribution < -0.4 is 10.2 Å². The van der Waals surface area contributed by atoms with E-state index in [1.807, 2.05) is 31.1 Å². The summed E-state index contributed by atoms with van der Waals surface area (Å²) in [6.07, 6.45) is -3.65. The number of hydrogen-bond donors (Lipinski definition) is 1. The SMILES string of the molecule is CC(Sc1ccc(C(F)(F)F)cn1)C(=O)Nc1ccc(N(C)C)cc1. The molecule has 1 aromatic carbocycles. The zero-order chi connectivity index (χ0) is 18.6. The van der Waals surface area contributed by atoms with Gasteiger partial charge in [0.05, 0.1) is 15.8 Å². The predicted octanol–water partition coefficient (Wildman–Crippen LogP) is 4.29. The number of thioether (sulfide) groups is 1. The van der Waals surface area contributed by atoms with E-state index >= 15 is 0 Å². The summed E-state index contributed by atoms with van der Waals surface area (Å²) < 4.78 is 37.6. The molecular weight excluding hydrogens is 351 g/mol. The third-order valence-electron chi connectivity index (χ3n) is 3.38. The fourth-order valence-corrected chi connectivity index (χ4v) is 2.73. The highest BCUT2D eigenvalue weighted by atomic mass is 32.2. The van der Waals surface area contributed by atoms with Crippen molar-refractivity contribution in [2.24, 2.45) is 0 Å². The fraction of sp³-hybridized carbons (Fsp3) is 0.294. The summed E-state index contributed by atoms with van der Waals surface area (Å²) in [4.78, 5) is 17.9. The lowest BCUT2D eigenvalue weighted by molar-refractivity contribution is -0.137. The summed E-state index contributed by atoms with van der Waals surface area (Å²) in [6.45, 7) is 1.67. The van der Waals surface area contributed by atoms with Gasteiger partial charge in [-0.2, -0.15) is 13.2 Å². The molecule has 2 rings (SSSR count). The topological polar surface area (TPSA) is 45.2 Å². The highest BCUT2D eigenvalue weighted by Gasteiger charge is 2.30. The number of nitrogens with one attached hydrogen (secondary N) is 1. The summed E-state index contributed by atoms with van der Waals surface area (Å²) in [6, 6.07) is 9.57. The van der Waals surface area contributed by atoms with E-state index in [2.05, 4.69) is 10.3 Å². The molecular formula is C17H18F3N3OS. The Morgan fingerprint density at radius 3 is 2.28 bits per heavy atom. The van der Waals surface area contributed by atoms with Gasteiger partial charge in [0.1, 0.15) is 0 Å². The molecule has 0 saturated carbocycles. The van der Waals surface area contributed by atoms with E-state index < -0.39 is 17.0 Å². The van der Waals surface area contributed by atoms with E-state index in [0.29, 0.717) is 10.7 Å². The molecule has 25 heavy (non-hydrogen) atoms. The summed E-state index contributed by atoms with van der Waals surface area (Å²) in [7, 11) is 3.84.